The zero-order valence-corrected chi connectivity index (χ0v) is 68.8. The number of unbranched alkanes of at least 4 members (excludes halogenated alkanes) is 48. The van der Waals surface area contributed by atoms with Crippen molar-refractivity contribution in [3.63, 3.8) is 0 Å². The van der Waals surface area contributed by atoms with Gasteiger partial charge in [0, 0.05) is 38.8 Å². The van der Waals surface area contributed by atoms with Gasteiger partial charge >= 0.3 is 30.0 Å². The van der Waals surface area contributed by atoms with E-state index in [1.807, 2.05) is 0 Å². The molecule has 0 heterocycles. The van der Waals surface area contributed by atoms with E-state index in [0.29, 0.717) is 52.0 Å². The molecule has 13 nitrogen and oxygen atoms in total. The quantitative estimate of drug-likeness (QED) is 0.0324. The van der Waals surface area contributed by atoms with E-state index in [2.05, 4.69) is 51.3 Å². The lowest BCUT2D eigenvalue weighted by Crippen LogP contribution is -2.32. The van der Waals surface area contributed by atoms with Crippen molar-refractivity contribution in [3.05, 3.63) is 0 Å². The van der Waals surface area contributed by atoms with Crippen LogP contribution in [0.1, 0.15) is 465 Å². The molecule has 604 valence electrons. The van der Waals surface area contributed by atoms with Crippen molar-refractivity contribution in [1.82, 2.24) is 9.80 Å². The van der Waals surface area contributed by atoms with Gasteiger partial charge in [-0.25, -0.2) is 4.79 Å². The Morgan fingerprint density at radius 1 is 0.206 bits per heavy atom. The molecule has 0 aromatic heterocycles. The lowest BCUT2D eigenvalue weighted by atomic mass is 10.0. The molecule has 0 atom stereocenters. The Hall–Kier alpha value is -2.93. The van der Waals surface area contributed by atoms with Crippen LogP contribution in [0.3, 0.4) is 0 Å². The fourth-order valence-corrected chi connectivity index (χ4v) is 14.0. The molecule has 0 rings (SSSR count). The van der Waals surface area contributed by atoms with Crippen LogP contribution in [0, 0.1) is 0 Å². The number of hydrogen-bond donors (Lipinski definition) is 0. The van der Waals surface area contributed by atoms with E-state index in [1.165, 1.54) is 218 Å². The topological polar surface area (TPSA) is 147 Å². The van der Waals surface area contributed by atoms with Crippen LogP contribution in [0.25, 0.3) is 0 Å². The second kappa shape index (κ2) is 82.1. The minimum Gasteiger partial charge on any atom is -0.466 e. The lowest BCUT2D eigenvalue weighted by molar-refractivity contribution is -0.151. The minimum atomic E-state index is -0.638. The molecule has 0 unspecified atom stereocenters. The van der Waals surface area contributed by atoms with Crippen molar-refractivity contribution >= 4 is 30.0 Å². The molecule has 0 amide bonds. The second-order valence-corrected chi connectivity index (χ2v) is 30.8. The van der Waals surface area contributed by atoms with Crippen LogP contribution in [-0.2, 0) is 47.6 Å². The van der Waals surface area contributed by atoms with E-state index in [9.17, 15) is 24.0 Å². The van der Waals surface area contributed by atoms with Gasteiger partial charge < -0.3 is 28.4 Å². The van der Waals surface area contributed by atoms with Crippen LogP contribution in [0.15, 0.2) is 0 Å². The van der Waals surface area contributed by atoms with Crippen molar-refractivity contribution in [2.24, 2.45) is 0 Å². The Morgan fingerprint density at radius 2 is 0.412 bits per heavy atom. The lowest BCUT2D eigenvalue weighted by Gasteiger charge is -2.23. The predicted molar refractivity (Wildman–Crippen MR) is 431 cm³/mol. The Morgan fingerprint density at radius 3 is 0.676 bits per heavy atom. The van der Waals surface area contributed by atoms with Crippen molar-refractivity contribution in [3.8, 4) is 0 Å². The molecule has 0 N–H and O–H groups in total. The highest BCUT2D eigenvalue weighted by Gasteiger charge is 2.18. The average molecular weight is 1450 g/mol. The van der Waals surface area contributed by atoms with Gasteiger partial charge in [-0.3, -0.25) is 29.0 Å². The summed E-state index contributed by atoms with van der Waals surface area (Å²) in [6.45, 7) is 19.8. The first-order chi connectivity index (χ1) is 50.1. The van der Waals surface area contributed by atoms with Crippen LogP contribution >= 0.6 is 0 Å². The largest absolute Gasteiger partial charge is 0.508 e. The van der Waals surface area contributed by atoms with E-state index in [1.54, 1.807) is 0 Å². The number of nitrogens with zero attached hydrogens (tertiary/aromatic N) is 2. The molecule has 0 saturated carbocycles. The molecule has 0 fully saturated rings. The highest BCUT2D eigenvalue weighted by atomic mass is 16.7. The summed E-state index contributed by atoms with van der Waals surface area (Å²) in [7, 11) is 0. The third-order valence-corrected chi connectivity index (χ3v) is 20.8. The number of hydrogen-bond acceptors (Lipinski definition) is 13. The maximum Gasteiger partial charge on any atom is 0.508 e. The Balaban J connectivity index is 5.45. The summed E-state index contributed by atoms with van der Waals surface area (Å²) in [5.41, 5.74) is 0. The molecular weight excluding hydrogens is 1270 g/mol. The fraction of sp³-hybridized carbons (Fsp3) is 0.944. The van der Waals surface area contributed by atoms with Gasteiger partial charge in [-0.05, 0) is 142 Å². The van der Waals surface area contributed by atoms with E-state index >= 15 is 0 Å². The Kier molecular flexibility index (Phi) is 79.8. The van der Waals surface area contributed by atoms with Crippen LogP contribution in [-0.4, -0.2) is 118 Å². The van der Waals surface area contributed by atoms with Gasteiger partial charge in [0.15, 0.2) is 0 Å². The van der Waals surface area contributed by atoms with Crippen molar-refractivity contribution in [1.29, 1.82) is 0 Å². The van der Waals surface area contributed by atoms with Gasteiger partial charge in [0.2, 0.25) is 0 Å². The first-order valence-electron chi connectivity index (χ1n) is 45.1. The van der Waals surface area contributed by atoms with Gasteiger partial charge in [-0.15, -0.1) is 0 Å². The Bertz CT molecular complexity index is 1610. The third-order valence-electron chi connectivity index (χ3n) is 20.8. The zero-order chi connectivity index (χ0) is 74.2. The normalized spacial score (nSPS) is 11.6. The summed E-state index contributed by atoms with van der Waals surface area (Å²) in [6.07, 6.45) is 73.1. The molecule has 0 aliphatic rings. The fourth-order valence-electron chi connectivity index (χ4n) is 14.0. The van der Waals surface area contributed by atoms with Gasteiger partial charge in [0.05, 0.1) is 13.2 Å². The minimum absolute atomic E-state index is 0.0256. The first kappa shape index (κ1) is 99.1. The molecule has 13 heteroatoms. The highest BCUT2D eigenvalue weighted by Crippen LogP contribution is 2.22. The van der Waals surface area contributed by atoms with Gasteiger partial charge in [-0.1, -0.05) is 324 Å². The molecule has 0 saturated heterocycles. The summed E-state index contributed by atoms with van der Waals surface area (Å²) in [5, 5.41) is 0. The SMILES string of the molecule is CCCCCCCCCCCOC(=O)CCCCCN(CCCCCCCC(=O)OC(CCCCCCCC)CCCCCCCC)CCOC(=O)OCCN(CCCCCCCC(=O)OC(CCCCCCCC)CCCCCCCC)CCCCCC(=O)OCCCCCCCCCCC. The first-order valence-corrected chi connectivity index (χ1v) is 45.1. The monoisotopic (exact) mass is 1450 g/mol. The maximum absolute atomic E-state index is 13.2. The summed E-state index contributed by atoms with van der Waals surface area (Å²) >= 11 is 0. The number of ether oxygens (including phenoxy) is 6. The number of carbonyl (C=O) groups excluding carboxylic acids is 5. The number of carbonyl (C=O) groups is 5. The maximum atomic E-state index is 13.2. The molecule has 102 heavy (non-hydrogen) atoms. The van der Waals surface area contributed by atoms with Crippen LogP contribution < -0.4 is 0 Å². The molecule has 0 aromatic rings. The second-order valence-electron chi connectivity index (χ2n) is 30.8. The van der Waals surface area contributed by atoms with Gasteiger partial charge in [0.1, 0.15) is 25.4 Å². The standard InChI is InChI=1S/C89H172N2O11/c1-7-13-19-25-31-33-35-47-63-79-97-85(92)69-57-49-61-75-90(73-59-45-37-43-55-71-87(94)101-83(65-51-39-27-21-15-9-3)66-52-40-28-22-16-10-4)77-81-99-89(96)100-82-78-91(76-62-50-58-70-86(93)98-80-64-48-36-34-32-26-20-14-8-2)74-60-46-38-44-56-72-88(95)102-84(67-53-41-29-23-17-11-5)68-54-42-30-24-18-12-6/h83-84H,7-82H2,1-6H3. The van der Waals surface area contributed by atoms with E-state index in [4.69, 9.17) is 28.4 Å². The van der Waals surface area contributed by atoms with E-state index in [0.717, 1.165) is 206 Å². The molecular formula is C89H172N2O11. The average Bonchev–Trinajstić information content (AvgIpc) is 1.42. The number of esters is 4. The van der Waals surface area contributed by atoms with E-state index in [-0.39, 0.29) is 49.3 Å². The van der Waals surface area contributed by atoms with Crippen molar-refractivity contribution in [2.75, 3.05) is 65.7 Å². The van der Waals surface area contributed by atoms with Gasteiger partial charge in [-0.2, -0.15) is 0 Å². The number of rotatable bonds is 84. The third kappa shape index (κ3) is 75.3. The summed E-state index contributed by atoms with van der Waals surface area (Å²) in [6, 6.07) is 0. The molecule has 0 aliphatic carbocycles. The van der Waals surface area contributed by atoms with Crippen molar-refractivity contribution < 1.29 is 52.4 Å². The zero-order valence-electron chi connectivity index (χ0n) is 68.8. The Labute approximate surface area is 632 Å². The predicted octanol–water partition coefficient (Wildman–Crippen LogP) is 26.5. The molecule has 0 aromatic carbocycles. The van der Waals surface area contributed by atoms with Crippen molar-refractivity contribution in [2.45, 2.75) is 478 Å². The summed E-state index contributed by atoms with van der Waals surface area (Å²) in [4.78, 5) is 69.4. The molecule has 0 radical (unpaired) electrons. The summed E-state index contributed by atoms with van der Waals surface area (Å²) < 4.78 is 35.0. The van der Waals surface area contributed by atoms with Crippen LogP contribution in [0.2, 0.25) is 0 Å². The molecule has 0 bridgehead atoms. The molecule has 0 aliphatic heterocycles. The highest BCUT2D eigenvalue weighted by molar-refractivity contribution is 5.70. The smallest absolute Gasteiger partial charge is 0.466 e. The summed E-state index contributed by atoms with van der Waals surface area (Å²) in [5.74, 6) is -0.233. The van der Waals surface area contributed by atoms with Crippen LogP contribution in [0.5, 0.6) is 0 Å². The van der Waals surface area contributed by atoms with Gasteiger partial charge in [0.25, 0.3) is 0 Å². The molecule has 0 spiro atoms. The van der Waals surface area contributed by atoms with E-state index < -0.39 is 6.16 Å². The van der Waals surface area contributed by atoms with Crippen LogP contribution in [0.4, 0.5) is 4.79 Å².